The average molecular weight is 244 g/mol. The van der Waals surface area contributed by atoms with E-state index >= 15 is 0 Å². The maximum atomic E-state index is 11.1. The SMILES string of the molecule is CCNC(COC1CCCC(OC)C1)C(N)=O. The number of hydrogen-bond acceptors (Lipinski definition) is 4. The molecule has 17 heavy (non-hydrogen) atoms. The number of carbonyl (C=O) groups is 1. The normalized spacial score (nSPS) is 26.7. The highest BCUT2D eigenvalue weighted by molar-refractivity contribution is 5.79. The van der Waals surface area contributed by atoms with E-state index in [4.69, 9.17) is 15.2 Å². The van der Waals surface area contributed by atoms with E-state index in [1.165, 1.54) is 0 Å². The van der Waals surface area contributed by atoms with Crippen LogP contribution in [0, 0.1) is 0 Å². The van der Waals surface area contributed by atoms with Gasteiger partial charge in [-0.15, -0.1) is 0 Å². The molecule has 0 heterocycles. The van der Waals surface area contributed by atoms with Gasteiger partial charge in [-0.25, -0.2) is 0 Å². The van der Waals surface area contributed by atoms with E-state index in [0.717, 1.165) is 25.7 Å². The average Bonchev–Trinajstić information content (AvgIpc) is 2.34. The monoisotopic (exact) mass is 244 g/mol. The highest BCUT2D eigenvalue weighted by Gasteiger charge is 2.24. The van der Waals surface area contributed by atoms with Gasteiger partial charge in [0.2, 0.25) is 5.91 Å². The number of nitrogens with one attached hydrogen (secondary N) is 1. The van der Waals surface area contributed by atoms with Gasteiger partial charge in [-0.1, -0.05) is 6.92 Å². The third-order valence-electron chi connectivity index (χ3n) is 3.20. The molecule has 3 atom stereocenters. The number of hydrogen-bond donors (Lipinski definition) is 2. The first-order chi connectivity index (χ1) is 8.17. The van der Waals surface area contributed by atoms with Gasteiger partial charge >= 0.3 is 0 Å². The number of primary amides is 1. The van der Waals surface area contributed by atoms with Crippen molar-refractivity contribution >= 4 is 5.91 Å². The van der Waals surface area contributed by atoms with Crippen molar-refractivity contribution in [2.45, 2.75) is 50.9 Å². The fraction of sp³-hybridized carbons (Fsp3) is 0.917. The van der Waals surface area contributed by atoms with Gasteiger partial charge < -0.3 is 20.5 Å². The van der Waals surface area contributed by atoms with Crippen LogP contribution < -0.4 is 11.1 Å². The van der Waals surface area contributed by atoms with Crippen LogP contribution in [0.15, 0.2) is 0 Å². The highest BCUT2D eigenvalue weighted by Crippen LogP contribution is 2.23. The van der Waals surface area contributed by atoms with Crippen molar-refractivity contribution in [1.29, 1.82) is 0 Å². The molecule has 0 bridgehead atoms. The molecule has 3 unspecified atom stereocenters. The first-order valence-corrected chi connectivity index (χ1v) is 6.34. The van der Waals surface area contributed by atoms with Gasteiger partial charge in [0.05, 0.1) is 18.8 Å². The van der Waals surface area contributed by atoms with Crippen molar-refractivity contribution in [3.63, 3.8) is 0 Å². The van der Waals surface area contributed by atoms with Crippen LogP contribution >= 0.6 is 0 Å². The number of ether oxygens (including phenoxy) is 2. The van der Waals surface area contributed by atoms with Crippen molar-refractivity contribution in [3.05, 3.63) is 0 Å². The Morgan fingerprint density at radius 2 is 2.18 bits per heavy atom. The third kappa shape index (κ3) is 5.02. The standard InChI is InChI=1S/C12H24N2O3/c1-3-14-11(12(13)15)8-17-10-6-4-5-9(7-10)16-2/h9-11,14H,3-8H2,1-2H3,(H2,13,15). The number of methoxy groups -OCH3 is 1. The fourth-order valence-electron chi connectivity index (χ4n) is 2.19. The molecule has 100 valence electrons. The van der Waals surface area contributed by atoms with Gasteiger partial charge in [0, 0.05) is 7.11 Å². The molecule has 5 nitrogen and oxygen atoms in total. The molecular weight excluding hydrogens is 220 g/mol. The summed E-state index contributed by atoms with van der Waals surface area (Å²) in [6, 6.07) is -0.386. The van der Waals surface area contributed by atoms with Crippen molar-refractivity contribution < 1.29 is 14.3 Å². The second kappa shape index (κ2) is 7.63. The Kier molecular flexibility index (Phi) is 6.47. The lowest BCUT2D eigenvalue weighted by Crippen LogP contribution is -2.45. The molecule has 3 N–H and O–H groups in total. The third-order valence-corrected chi connectivity index (χ3v) is 3.20. The van der Waals surface area contributed by atoms with E-state index in [1.54, 1.807) is 7.11 Å². The maximum Gasteiger partial charge on any atom is 0.236 e. The molecule has 1 saturated carbocycles. The van der Waals surface area contributed by atoms with Crippen molar-refractivity contribution in [1.82, 2.24) is 5.32 Å². The van der Waals surface area contributed by atoms with Crippen LogP contribution in [0.2, 0.25) is 0 Å². The van der Waals surface area contributed by atoms with Crippen LogP contribution in [0.1, 0.15) is 32.6 Å². The Morgan fingerprint density at radius 3 is 2.76 bits per heavy atom. The van der Waals surface area contributed by atoms with Gasteiger partial charge in [0.1, 0.15) is 6.04 Å². The molecule has 0 aromatic carbocycles. The van der Waals surface area contributed by atoms with E-state index in [-0.39, 0.29) is 18.1 Å². The lowest BCUT2D eigenvalue weighted by atomic mass is 9.95. The lowest BCUT2D eigenvalue weighted by molar-refractivity contribution is -0.122. The number of carbonyl (C=O) groups excluding carboxylic acids is 1. The predicted octanol–water partition coefficient (Wildman–Crippen LogP) is 0.424. The molecule has 0 aliphatic heterocycles. The van der Waals surface area contributed by atoms with E-state index in [2.05, 4.69) is 5.32 Å². The topological polar surface area (TPSA) is 73.6 Å². The summed E-state index contributed by atoms with van der Waals surface area (Å²) in [6.45, 7) is 3.00. The first-order valence-electron chi connectivity index (χ1n) is 6.34. The maximum absolute atomic E-state index is 11.1. The highest BCUT2D eigenvalue weighted by atomic mass is 16.5. The Bertz CT molecular complexity index is 236. The quantitative estimate of drug-likeness (QED) is 0.681. The van der Waals surface area contributed by atoms with Crippen LogP contribution in [0.3, 0.4) is 0 Å². The Balaban J connectivity index is 2.30. The largest absolute Gasteiger partial charge is 0.381 e. The molecular formula is C12H24N2O3. The molecule has 0 spiro atoms. The second-order valence-electron chi connectivity index (χ2n) is 4.49. The smallest absolute Gasteiger partial charge is 0.236 e. The van der Waals surface area contributed by atoms with Crippen molar-refractivity contribution in [3.8, 4) is 0 Å². The van der Waals surface area contributed by atoms with E-state index in [1.807, 2.05) is 6.92 Å². The zero-order valence-corrected chi connectivity index (χ0v) is 10.8. The van der Waals surface area contributed by atoms with Gasteiger partial charge in [-0.2, -0.15) is 0 Å². The minimum absolute atomic E-state index is 0.189. The fourth-order valence-corrected chi connectivity index (χ4v) is 2.19. The molecule has 1 fully saturated rings. The number of rotatable bonds is 7. The summed E-state index contributed by atoms with van der Waals surface area (Å²) in [5.41, 5.74) is 5.29. The molecule has 1 aliphatic carbocycles. The summed E-state index contributed by atoms with van der Waals surface area (Å²) < 4.78 is 11.1. The van der Waals surface area contributed by atoms with Gasteiger partial charge in [-0.05, 0) is 32.2 Å². The summed E-state index contributed by atoms with van der Waals surface area (Å²) >= 11 is 0. The van der Waals surface area contributed by atoms with E-state index < -0.39 is 0 Å². The first kappa shape index (κ1) is 14.4. The molecule has 0 saturated heterocycles. The number of nitrogens with two attached hydrogens (primary N) is 1. The van der Waals surface area contributed by atoms with Gasteiger partial charge in [0.25, 0.3) is 0 Å². The Hall–Kier alpha value is -0.650. The molecule has 1 rings (SSSR count). The van der Waals surface area contributed by atoms with E-state index in [9.17, 15) is 4.79 Å². The number of amides is 1. The van der Waals surface area contributed by atoms with Crippen LogP contribution in [0.5, 0.6) is 0 Å². The summed E-state index contributed by atoms with van der Waals surface area (Å²) in [5.74, 6) is -0.356. The Morgan fingerprint density at radius 1 is 1.47 bits per heavy atom. The van der Waals surface area contributed by atoms with Gasteiger partial charge in [-0.3, -0.25) is 4.79 Å². The molecule has 1 aliphatic rings. The van der Waals surface area contributed by atoms with E-state index in [0.29, 0.717) is 19.3 Å². The molecule has 0 radical (unpaired) electrons. The number of likely N-dealkylation sites (N-methyl/N-ethyl adjacent to an activating group) is 1. The summed E-state index contributed by atoms with van der Waals surface area (Å²) in [6.07, 6.45) is 4.65. The van der Waals surface area contributed by atoms with Crippen LogP contribution in [0.4, 0.5) is 0 Å². The zero-order chi connectivity index (χ0) is 12.7. The Labute approximate surface area is 103 Å². The minimum atomic E-state index is -0.386. The summed E-state index contributed by atoms with van der Waals surface area (Å²) in [4.78, 5) is 11.1. The second-order valence-corrected chi connectivity index (χ2v) is 4.49. The van der Waals surface area contributed by atoms with Crippen LogP contribution in [0.25, 0.3) is 0 Å². The van der Waals surface area contributed by atoms with Crippen LogP contribution in [-0.2, 0) is 14.3 Å². The molecule has 1 amide bonds. The zero-order valence-electron chi connectivity index (χ0n) is 10.8. The minimum Gasteiger partial charge on any atom is -0.381 e. The van der Waals surface area contributed by atoms with Crippen LogP contribution in [-0.4, -0.2) is 44.4 Å². The molecule has 5 heteroatoms. The molecule has 0 aromatic heterocycles. The lowest BCUT2D eigenvalue weighted by Gasteiger charge is -2.29. The molecule has 0 aromatic rings. The van der Waals surface area contributed by atoms with Crippen molar-refractivity contribution in [2.75, 3.05) is 20.3 Å². The summed E-state index contributed by atoms with van der Waals surface area (Å²) in [7, 11) is 1.73. The summed E-state index contributed by atoms with van der Waals surface area (Å²) in [5, 5.41) is 3.02. The van der Waals surface area contributed by atoms with Crippen molar-refractivity contribution in [2.24, 2.45) is 5.73 Å². The predicted molar refractivity (Wildman–Crippen MR) is 65.7 cm³/mol. The van der Waals surface area contributed by atoms with Gasteiger partial charge in [0.15, 0.2) is 0 Å².